The van der Waals surface area contributed by atoms with E-state index >= 15 is 0 Å². The summed E-state index contributed by atoms with van der Waals surface area (Å²) in [5.74, 6) is 1.35. The summed E-state index contributed by atoms with van der Waals surface area (Å²) in [7, 11) is 0. The Balaban J connectivity index is 1.88. The van der Waals surface area contributed by atoms with Crippen molar-refractivity contribution in [3.63, 3.8) is 0 Å². The number of ketones is 1. The number of rotatable bonds is 2. The Bertz CT molecular complexity index is 501. The van der Waals surface area contributed by atoms with Gasteiger partial charge in [-0.3, -0.25) is 4.79 Å². The molecule has 2 aliphatic heterocycles. The van der Waals surface area contributed by atoms with Gasteiger partial charge >= 0.3 is 0 Å². The predicted molar refractivity (Wildman–Crippen MR) is 74.9 cm³/mol. The zero-order chi connectivity index (χ0) is 13.5. The Labute approximate surface area is 114 Å². The second-order valence-electron chi connectivity index (χ2n) is 6.29. The standard InChI is InChI=1S/C16H21NO2/c1-16(2)10-19-14-6-5-11(8-13(14)16)15(18)12-4-3-7-17-9-12/h5-6,8,12,17H,3-4,7,9-10H2,1-2H3. The smallest absolute Gasteiger partial charge is 0.167 e. The fourth-order valence-electron chi connectivity index (χ4n) is 2.99. The van der Waals surface area contributed by atoms with Gasteiger partial charge in [0.05, 0.1) is 6.61 Å². The minimum atomic E-state index is 0.0104. The van der Waals surface area contributed by atoms with E-state index in [2.05, 4.69) is 19.2 Å². The molecule has 0 saturated carbocycles. The summed E-state index contributed by atoms with van der Waals surface area (Å²) in [6.45, 7) is 6.88. The van der Waals surface area contributed by atoms with Crippen molar-refractivity contribution in [2.75, 3.05) is 19.7 Å². The molecule has 3 heteroatoms. The third-order valence-electron chi connectivity index (χ3n) is 4.25. The van der Waals surface area contributed by atoms with Crippen LogP contribution in [0.2, 0.25) is 0 Å². The van der Waals surface area contributed by atoms with Gasteiger partial charge in [0, 0.05) is 29.0 Å². The topological polar surface area (TPSA) is 38.3 Å². The molecule has 0 aliphatic carbocycles. The SMILES string of the molecule is CC1(C)COc2ccc(C(=O)C3CCCNC3)cc21. The molecule has 0 amide bonds. The minimum absolute atomic E-state index is 0.0104. The van der Waals surface area contributed by atoms with Crippen LogP contribution in [-0.2, 0) is 5.41 Å². The van der Waals surface area contributed by atoms with E-state index in [0.717, 1.165) is 37.2 Å². The van der Waals surface area contributed by atoms with Gasteiger partial charge in [0.1, 0.15) is 5.75 Å². The maximum absolute atomic E-state index is 12.5. The average Bonchev–Trinajstić information content (AvgIpc) is 2.74. The van der Waals surface area contributed by atoms with Gasteiger partial charge < -0.3 is 10.1 Å². The van der Waals surface area contributed by atoms with Gasteiger partial charge in [-0.05, 0) is 37.6 Å². The molecule has 2 heterocycles. The van der Waals surface area contributed by atoms with Crippen molar-refractivity contribution in [1.82, 2.24) is 5.32 Å². The summed E-state index contributed by atoms with van der Waals surface area (Å²) in [5, 5.41) is 3.31. The first kappa shape index (κ1) is 12.7. The lowest BCUT2D eigenvalue weighted by Crippen LogP contribution is -2.34. The van der Waals surface area contributed by atoms with Crippen molar-refractivity contribution < 1.29 is 9.53 Å². The number of piperidine rings is 1. The molecule has 1 atom stereocenters. The highest BCUT2D eigenvalue weighted by molar-refractivity contribution is 5.98. The third kappa shape index (κ3) is 2.27. The quantitative estimate of drug-likeness (QED) is 0.829. The molecular formula is C16H21NO2. The molecule has 1 N–H and O–H groups in total. The molecule has 1 fully saturated rings. The normalized spacial score (nSPS) is 24.6. The number of benzene rings is 1. The van der Waals surface area contributed by atoms with Gasteiger partial charge in [-0.1, -0.05) is 13.8 Å². The zero-order valence-corrected chi connectivity index (χ0v) is 11.7. The molecule has 0 aromatic heterocycles. The molecule has 0 bridgehead atoms. The molecule has 3 rings (SSSR count). The van der Waals surface area contributed by atoms with Crippen LogP contribution in [0.4, 0.5) is 0 Å². The molecule has 1 aromatic carbocycles. The van der Waals surface area contributed by atoms with E-state index in [-0.39, 0.29) is 17.1 Å². The van der Waals surface area contributed by atoms with Gasteiger partial charge in [-0.2, -0.15) is 0 Å². The summed E-state index contributed by atoms with van der Waals surface area (Å²) in [5.41, 5.74) is 2.02. The second kappa shape index (κ2) is 4.64. The lowest BCUT2D eigenvalue weighted by molar-refractivity contribution is 0.0899. The van der Waals surface area contributed by atoms with Crippen LogP contribution in [0.15, 0.2) is 18.2 Å². The lowest BCUT2D eigenvalue weighted by atomic mass is 9.84. The Hall–Kier alpha value is -1.35. The van der Waals surface area contributed by atoms with E-state index in [1.807, 2.05) is 18.2 Å². The number of carbonyl (C=O) groups is 1. The third-order valence-corrected chi connectivity index (χ3v) is 4.25. The lowest BCUT2D eigenvalue weighted by Gasteiger charge is -2.22. The number of fused-ring (bicyclic) bond motifs is 1. The summed E-state index contributed by atoms with van der Waals surface area (Å²) < 4.78 is 5.67. The molecule has 2 aliphatic rings. The van der Waals surface area contributed by atoms with Crippen molar-refractivity contribution in [2.24, 2.45) is 5.92 Å². The van der Waals surface area contributed by atoms with Crippen molar-refractivity contribution >= 4 is 5.78 Å². The van der Waals surface area contributed by atoms with Gasteiger partial charge in [0.2, 0.25) is 0 Å². The Morgan fingerprint density at radius 1 is 1.42 bits per heavy atom. The fourth-order valence-corrected chi connectivity index (χ4v) is 2.99. The van der Waals surface area contributed by atoms with Gasteiger partial charge in [0.15, 0.2) is 5.78 Å². The average molecular weight is 259 g/mol. The van der Waals surface area contributed by atoms with E-state index in [1.54, 1.807) is 0 Å². The van der Waals surface area contributed by atoms with Crippen molar-refractivity contribution in [3.05, 3.63) is 29.3 Å². The first-order valence-corrected chi connectivity index (χ1v) is 7.10. The van der Waals surface area contributed by atoms with Crippen LogP contribution in [0.5, 0.6) is 5.75 Å². The maximum atomic E-state index is 12.5. The Kier molecular flexibility index (Phi) is 3.09. The summed E-state index contributed by atoms with van der Waals surface area (Å²) >= 11 is 0. The van der Waals surface area contributed by atoms with Crippen LogP contribution >= 0.6 is 0 Å². The first-order chi connectivity index (χ1) is 9.08. The number of nitrogens with one attached hydrogen (secondary N) is 1. The molecule has 1 unspecified atom stereocenters. The highest BCUT2D eigenvalue weighted by Gasteiger charge is 2.33. The van der Waals surface area contributed by atoms with Gasteiger partial charge in [-0.25, -0.2) is 0 Å². The molecule has 1 aromatic rings. The van der Waals surface area contributed by atoms with Crippen LogP contribution in [0.1, 0.15) is 42.6 Å². The number of carbonyl (C=O) groups excluding carboxylic acids is 1. The molecule has 0 radical (unpaired) electrons. The van der Waals surface area contributed by atoms with E-state index in [4.69, 9.17) is 4.74 Å². The summed E-state index contributed by atoms with van der Waals surface area (Å²) in [6, 6.07) is 5.91. The van der Waals surface area contributed by atoms with E-state index < -0.39 is 0 Å². The highest BCUT2D eigenvalue weighted by atomic mass is 16.5. The number of ether oxygens (including phenoxy) is 1. The number of hydrogen-bond acceptors (Lipinski definition) is 3. The number of hydrogen-bond donors (Lipinski definition) is 1. The van der Waals surface area contributed by atoms with Crippen LogP contribution in [0, 0.1) is 5.92 Å². The largest absolute Gasteiger partial charge is 0.492 e. The van der Waals surface area contributed by atoms with Gasteiger partial charge in [0.25, 0.3) is 0 Å². The maximum Gasteiger partial charge on any atom is 0.167 e. The summed E-state index contributed by atoms with van der Waals surface area (Å²) in [6.07, 6.45) is 2.10. The highest BCUT2D eigenvalue weighted by Crippen LogP contribution is 2.39. The van der Waals surface area contributed by atoms with E-state index in [9.17, 15) is 4.79 Å². The van der Waals surface area contributed by atoms with Crippen molar-refractivity contribution in [1.29, 1.82) is 0 Å². The van der Waals surface area contributed by atoms with Crippen LogP contribution in [0.3, 0.4) is 0 Å². The minimum Gasteiger partial charge on any atom is -0.492 e. The first-order valence-electron chi connectivity index (χ1n) is 7.10. The van der Waals surface area contributed by atoms with E-state index in [1.165, 1.54) is 5.56 Å². The molecule has 102 valence electrons. The van der Waals surface area contributed by atoms with Crippen molar-refractivity contribution in [3.8, 4) is 5.75 Å². The van der Waals surface area contributed by atoms with Gasteiger partial charge in [-0.15, -0.1) is 0 Å². The van der Waals surface area contributed by atoms with Crippen LogP contribution in [-0.4, -0.2) is 25.5 Å². The Morgan fingerprint density at radius 2 is 2.26 bits per heavy atom. The molecule has 3 nitrogen and oxygen atoms in total. The fraction of sp³-hybridized carbons (Fsp3) is 0.562. The van der Waals surface area contributed by atoms with Crippen LogP contribution in [0.25, 0.3) is 0 Å². The van der Waals surface area contributed by atoms with Crippen molar-refractivity contribution in [2.45, 2.75) is 32.1 Å². The van der Waals surface area contributed by atoms with Crippen LogP contribution < -0.4 is 10.1 Å². The molecule has 1 saturated heterocycles. The molecule has 0 spiro atoms. The number of Topliss-reactive ketones (excluding diaryl/α,β-unsaturated/α-hetero) is 1. The summed E-state index contributed by atoms with van der Waals surface area (Å²) in [4.78, 5) is 12.5. The molecular weight excluding hydrogens is 238 g/mol. The monoisotopic (exact) mass is 259 g/mol. The molecule has 19 heavy (non-hydrogen) atoms. The zero-order valence-electron chi connectivity index (χ0n) is 11.7. The predicted octanol–water partition coefficient (Wildman–Crippen LogP) is 2.54. The second-order valence-corrected chi connectivity index (χ2v) is 6.29. The Morgan fingerprint density at radius 3 is 3.00 bits per heavy atom. The van der Waals surface area contributed by atoms with E-state index in [0.29, 0.717) is 6.61 Å².